The molecule has 0 bridgehead atoms. The number of ether oxygens (including phenoxy) is 1. The zero-order valence-corrected chi connectivity index (χ0v) is 10.9. The van der Waals surface area contributed by atoms with E-state index < -0.39 is 0 Å². The zero-order valence-electron chi connectivity index (χ0n) is 10.0. The van der Waals surface area contributed by atoms with Crippen molar-refractivity contribution in [2.24, 2.45) is 7.05 Å². The number of thiazole rings is 1. The molecule has 0 spiro atoms. The van der Waals surface area contributed by atoms with Gasteiger partial charge in [0.1, 0.15) is 10.7 Å². The summed E-state index contributed by atoms with van der Waals surface area (Å²) in [5.74, 6) is 0.712. The summed E-state index contributed by atoms with van der Waals surface area (Å²) in [5, 5.41) is 5.25. The van der Waals surface area contributed by atoms with Crippen LogP contribution in [0, 0.1) is 0 Å². The van der Waals surface area contributed by atoms with Gasteiger partial charge in [-0.2, -0.15) is 5.10 Å². The molecule has 0 unspecified atom stereocenters. The second-order valence-electron chi connectivity index (χ2n) is 3.94. The molecular formula is C12H12N4OS. The topological polar surface area (TPSA) is 66.0 Å². The molecule has 5 nitrogen and oxygen atoms in total. The van der Waals surface area contributed by atoms with E-state index in [0.717, 1.165) is 26.6 Å². The predicted octanol–water partition coefficient (Wildman–Crippen LogP) is 2.29. The number of benzene rings is 1. The fraction of sp³-hybridized carbons (Fsp3) is 0.167. The molecule has 6 heteroatoms. The Morgan fingerprint density at radius 1 is 1.33 bits per heavy atom. The average molecular weight is 260 g/mol. The number of nitrogens with zero attached hydrogens (tertiary/aromatic N) is 3. The van der Waals surface area contributed by atoms with Crippen LogP contribution in [0.2, 0.25) is 0 Å². The van der Waals surface area contributed by atoms with Crippen LogP contribution >= 0.6 is 11.3 Å². The normalized spacial score (nSPS) is 11.0. The highest BCUT2D eigenvalue weighted by Gasteiger charge is 2.12. The Morgan fingerprint density at radius 2 is 2.17 bits per heavy atom. The Kier molecular flexibility index (Phi) is 2.45. The van der Waals surface area contributed by atoms with Gasteiger partial charge in [0.2, 0.25) is 5.88 Å². The summed E-state index contributed by atoms with van der Waals surface area (Å²) in [4.78, 5) is 4.54. The predicted molar refractivity (Wildman–Crippen MR) is 72.8 cm³/mol. The van der Waals surface area contributed by atoms with Crippen molar-refractivity contribution in [2.75, 3.05) is 12.8 Å². The van der Waals surface area contributed by atoms with E-state index >= 15 is 0 Å². The van der Waals surface area contributed by atoms with Crippen molar-refractivity contribution in [3.63, 3.8) is 0 Å². The van der Waals surface area contributed by atoms with Crippen molar-refractivity contribution >= 4 is 27.2 Å². The summed E-state index contributed by atoms with van der Waals surface area (Å²) in [6, 6.07) is 7.58. The van der Waals surface area contributed by atoms with Gasteiger partial charge in [-0.3, -0.25) is 0 Å². The molecule has 92 valence electrons. The lowest BCUT2D eigenvalue weighted by atomic mass is 10.3. The van der Waals surface area contributed by atoms with Crippen LogP contribution < -0.4 is 10.5 Å². The SMILES string of the molecule is COc1cc(-c2nc3ccc(N)cc3s2)nn1C. The van der Waals surface area contributed by atoms with Gasteiger partial charge in [-0.15, -0.1) is 11.3 Å². The molecule has 1 aromatic carbocycles. The summed E-state index contributed by atoms with van der Waals surface area (Å²) < 4.78 is 7.95. The Hall–Kier alpha value is -2.08. The molecule has 0 aliphatic carbocycles. The quantitative estimate of drug-likeness (QED) is 0.718. The van der Waals surface area contributed by atoms with Crippen molar-refractivity contribution < 1.29 is 4.74 Å². The second kappa shape index (κ2) is 3.99. The number of hydrogen-bond acceptors (Lipinski definition) is 5. The Bertz CT molecular complexity index is 716. The minimum atomic E-state index is 0.712. The van der Waals surface area contributed by atoms with Crippen molar-refractivity contribution in [1.82, 2.24) is 14.8 Å². The number of fused-ring (bicyclic) bond motifs is 1. The number of aryl methyl sites for hydroxylation is 1. The molecule has 2 aromatic heterocycles. The minimum Gasteiger partial charge on any atom is -0.481 e. The first-order valence-corrected chi connectivity index (χ1v) is 6.23. The van der Waals surface area contributed by atoms with E-state index in [0.29, 0.717) is 5.88 Å². The third-order valence-electron chi connectivity index (χ3n) is 2.68. The molecule has 0 saturated heterocycles. The first-order valence-electron chi connectivity index (χ1n) is 5.42. The molecule has 0 atom stereocenters. The summed E-state index contributed by atoms with van der Waals surface area (Å²) in [5.41, 5.74) is 8.26. The lowest BCUT2D eigenvalue weighted by Crippen LogP contribution is -1.94. The van der Waals surface area contributed by atoms with Crippen LogP contribution in [0.15, 0.2) is 24.3 Å². The van der Waals surface area contributed by atoms with Crippen molar-refractivity contribution in [3.8, 4) is 16.6 Å². The van der Waals surface area contributed by atoms with Gasteiger partial charge in [0.15, 0.2) is 0 Å². The third-order valence-corrected chi connectivity index (χ3v) is 3.72. The van der Waals surface area contributed by atoms with Gasteiger partial charge >= 0.3 is 0 Å². The third kappa shape index (κ3) is 1.70. The minimum absolute atomic E-state index is 0.712. The monoisotopic (exact) mass is 260 g/mol. The van der Waals surface area contributed by atoms with E-state index in [2.05, 4.69) is 10.1 Å². The average Bonchev–Trinajstić information content (AvgIpc) is 2.91. The summed E-state index contributed by atoms with van der Waals surface area (Å²) in [7, 11) is 3.47. The Balaban J connectivity index is 2.13. The second-order valence-corrected chi connectivity index (χ2v) is 4.97. The summed E-state index contributed by atoms with van der Waals surface area (Å²) in [6.07, 6.45) is 0. The molecule has 0 saturated carbocycles. The molecule has 0 aliphatic rings. The first-order chi connectivity index (χ1) is 8.67. The zero-order chi connectivity index (χ0) is 12.7. The maximum atomic E-state index is 5.76. The number of anilines is 1. The van der Waals surface area contributed by atoms with Gasteiger partial charge in [-0.1, -0.05) is 0 Å². The lowest BCUT2D eigenvalue weighted by Gasteiger charge is -1.95. The van der Waals surface area contributed by atoms with E-state index in [1.165, 1.54) is 0 Å². The van der Waals surface area contributed by atoms with E-state index in [4.69, 9.17) is 10.5 Å². The standard InChI is InChI=1S/C12H12N4OS/c1-16-11(17-2)6-9(15-16)12-14-8-4-3-7(13)5-10(8)18-12/h3-6H,13H2,1-2H3. The van der Waals surface area contributed by atoms with Crippen LogP contribution in [0.3, 0.4) is 0 Å². The van der Waals surface area contributed by atoms with Gasteiger partial charge in [0, 0.05) is 18.8 Å². The van der Waals surface area contributed by atoms with Crippen LogP contribution in [0.25, 0.3) is 20.9 Å². The van der Waals surface area contributed by atoms with E-state index in [-0.39, 0.29) is 0 Å². The Morgan fingerprint density at radius 3 is 2.89 bits per heavy atom. The van der Waals surface area contributed by atoms with Crippen molar-refractivity contribution in [1.29, 1.82) is 0 Å². The molecule has 2 N–H and O–H groups in total. The highest BCUT2D eigenvalue weighted by molar-refractivity contribution is 7.21. The first kappa shape index (κ1) is 11.0. The van der Waals surface area contributed by atoms with Crippen LogP contribution in [0.4, 0.5) is 5.69 Å². The molecule has 0 radical (unpaired) electrons. The van der Waals surface area contributed by atoms with E-state index in [1.807, 2.05) is 31.3 Å². The molecule has 0 fully saturated rings. The lowest BCUT2D eigenvalue weighted by molar-refractivity contribution is 0.373. The highest BCUT2D eigenvalue weighted by atomic mass is 32.1. The molecule has 0 amide bonds. The van der Waals surface area contributed by atoms with Gasteiger partial charge in [-0.05, 0) is 18.2 Å². The molecule has 3 aromatic rings. The van der Waals surface area contributed by atoms with Crippen LogP contribution in [0.1, 0.15) is 0 Å². The molecule has 2 heterocycles. The van der Waals surface area contributed by atoms with Gasteiger partial charge < -0.3 is 10.5 Å². The van der Waals surface area contributed by atoms with Crippen molar-refractivity contribution in [3.05, 3.63) is 24.3 Å². The largest absolute Gasteiger partial charge is 0.481 e. The number of nitrogens with two attached hydrogens (primary N) is 1. The van der Waals surface area contributed by atoms with Gasteiger partial charge in [-0.25, -0.2) is 9.67 Å². The fourth-order valence-electron chi connectivity index (χ4n) is 1.80. The summed E-state index contributed by atoms with van der Waals surface area (Å²) >= 11 is 1.57. The molecular weight excluding hydrogens is 248 g/mol. The maximum Gasteiger partial charge on any atom is 0.211 e. The van der Waals surface area contributed by atoms with Crippen LogP contribution in [-0.2, 0) is 7.05 Å². The molecule has 0 aliphatic heterocycles. The summed E-state index contributed by atoms with van der Waals surface area (Å²) in [6.45, 7) is 0. The number of rotatable bonds is 2. The van der Waals surface area contributed by atoms with Crippen molar-refractivity contribution in [2.45, 2.75) is 0 Å². The smallest absolute Gasteiger partial charge is 0.211 e. The van der Waals surface area contributed by atoms with Crippen LogP contribution in [-0.4, -0.2) is 21.9 Å². The highest BCUT2D eigenvalue weighted by Crippen LogP contribution is 2.31. The van der Waals surface area contributed by atoms with Gasteiger partial charge in [0.25, 0.3) is 0 Å². The number of methoxy groups -OCH3 is 1. The number of aromatic nitrogens is 3. The molecule has 18 heavy (non-hydrogen) atoms. The molecule has 3 rings (SSSR count). The van der Waals surface area contributed by atoms with E-state index in [1.54, 1.807) is 23.1 Å². The number of nitrogen functional groups attached to an aromatic ring is 1. The number of hydrogen-bond donors (Lipinski definition) is 1. The van der Waals surface area contributed by atoms with Gasteiger partial charge in [0.05, 0.1) is 17.3 Å². The van der Waals surface area contributed by atoms with Crippen LogP contribution in [0.5, 0.6) is 5.88 Å². The Labute approximate surface area is 108 Å². The maximum absolute atomic E-state index is 5.76. The van der Waals surface area contributed by atoms with E-state index in [9.17, 15) is 0 Å². The fourth-order valence-corrected chi connectivity index (χ4v) is 2.77.